The van der Waals surface area contributed by atoms with E-state index in [0.29, 0.717) is 5.56 Å². The van der Waals surface area contributed by atoms with Crippen LogP contribution in [0.1, 0.15) is 23.2 Å². The minimum Gasteiger partial charge on any atom is -0.334 e. The molecule has 1 aromatic carbocycles. The quantitative estimate of drug-likeness (QED) is 0.806. The lowest BCUT2D eigenvalue weighted by atomic mass is 10.0. The summed E-state index contributed by atoms with van der Waals surface area (Å²) in [6, 6.07) is 4.99. The average molecular weight is 336 g/mol. The maximum absolute atomic E-state index is 14.1. The summed E-state index contributed by atoms with van der Waals surface area (Å²) < 4.78 is 16.2. The van der Waals surface area contributed by atoms with Gasteiger partial charge in [0.1, 0.15) is 11.7 Å². The molecule has 6 heteroatoms. The van der Waals surface area contributed by atoms with Crippen molar-refractivity contribution in [3.63, 3.8) is 0 Å². The Labute approximate surface area is 139 Å². The van der Waals surface area contributed by atoms with E-state index in [9.17, 15) is 9.18 Å². The van der Waals surface area contributed by atoms with E-state index in [1.165, 1.54) is 6.07 Å². The van der Waals surface area contributed by atoms with Gasteiger partial charge in [-0.3, -0.25) is 4.79 Å². The molecule has 0 saturated heterocycles. The van der Waals surface area contributed by atoms with Gasteiger partial charge in [0, 0.05) is 43.0 Å². The van der Waals surface area contributed by atoms with E-state index in [4.69, 9.17) is 11.6 Å². The van der Waals surface area contributed by atoms with Crippen molar-refractivity contribution < 1.29 is 9.18 Å². The molecule has 23 heavy (non-hydrogen) atoms. The highest BCUT2D eigenvalue weighted by atomic mass is 35.5. The zero-order chi connectivity index (χ0) is 16.4. The molecule has 0 spiro atoms. The zero-order valence-electron chi connectivity index (χ0n) is 13.0. The Morgan fingerprint density at radius 3 is 3.09 bits per heavy atom. The van der Waals surface area contributed by atoms with E-state index in [1.807, 2.05) is 19.2 Å². The number of amides is 1. The smallest absolute Gasteiger partial charge is 0.238 e. The molecular weight excluding hydrogens is 317 g/mol. The molecule has 1 aliphatic heterocycles. The highest BCUT2D eigenvalue weighted by Gasteiger charge is 2.28. The predicted molar refractivity (Wildman–Crippen MR) is 86.7 cm³/mol. The SMILES string of the molecule is Cc1cccc(F)c1CN(C(=O)CCl)C1CCn2cncc2C1. The van der Waals surface area contributed by atoms with Crippen LogP contribution >= 0.6 is 11.6 Å². The van der Waals surface area contributed by atoms with Crippen LogP contribution < -0.4 is 0 Å². The van der Waals surface area contributed by atoms with Gasteiger partial charge in [0.2, 0.25) is 5.91 Å². The summed E-state index contributed by atoms with van der Waals surface area (Å²) in [5.74, 6) is -0.533. The molecule has 0 fully saturated rings. The van der Waals surface area contributed by atoms with Gasteiger partial charge in [-0.2, -0.15) is 0 Å². The molecule has 1 unspecified atom stereocenters. The number of carbonyl (C=O) groups is 1. The van der Waals surface area contributed by atoms with Crippen LogP contribution in [0.15, 0.2) is 30.7 Å². The number of benzene rings is 1. The summed E-state index contributed by atoms with van der Waals surface area (Å²) in [6.07, 6.45) is 5.17. The molecule has 3 rings (SSSR count). The Balaban J connectivity index is 1.86. The van der Waals surface area contributed by atoms with Crippen molar-refractivity contribution in [1.29, 1.82) is 0 Å². The van der Waals surface area contributed by atoms with Crippen LogP contribution in [0.2, 0.25) is 0 Å². The molecule has 0 saturated carbocycles. The maximum Gasteiger partial charge on any atom is 0.238 e. The van der Waals surface area contributed by atoms with E-state index in [1.54, 1.807) is 17.3 Å². The van der Waals surface area contributed by atoms with Crippen LogP contribution in [0, 0.1) is 12.7 Å². The van der Waals surface area contributed by atoms with Crippen LogP contribution in [0.5, 0.6) is 0 Å². The van der Waals surface area contributed by atoms with Gasteiger partial charge < -0.3 is 9.47 Å². The van der Waals surface area contributed by atoms with Crippen molar-refractivity contribution >= 4 is 17.5 Å². The number of imidazole rings is 1. The third kappa shape index (κ3) is 3.24. The van der Waals surface area contributed by atoms with Crippen molar-refractivity contribution in [2.24, 2.45) is 0 Å². The molecule has 2 aromatic rings. The molecule has 0 N–H and O–H groups in total. The lowest BCUT2D eigenvalue weighted by molar-refractivity contribution is -0.132. The monoisotopic (exact) mass is 335 g/mol. The van der Waals surface area contributed by atoms with Crippen molar-refractivity contribution in [3.05, 3.63) is 53.4 Å². The molecule has 0 aliphatic carbocycles. The highest BCUT2D eigenvalue weighted by molar-refractivity contribution is 6.27. The Hall–Kier alpha value is -1.88. The second-order valence-corrected chi connectivity index (χ2v) is 6.18. The molecule has 0 bridgehead atoms. The van der Waals surface area contributed by atoms with Gasteiger partial charge in [0.05, 0.1) is 6.33 Å². The minimum absolute atomic E-state index is 0.0180. The second kappa shape index (κ2) is 6.71. The average Bonchev–Trinajstić information content (AvgIpc) is 3.01. The lowest BCUT2D eigenvalue weighted by Crippen LogP contribution is -2.44. The summed E-state index contributed by atoms with van der Waals surface area (Å²) in [7, 11) is 0. The standard InChI is InChI=1S/C17H19ClFN3O/c1-12-3-2-4-16(19)15(12)10-22(17(23)8-18)13-5-6-21-11-20-9-14(21)7-13/h2-4,9,11,13H,5-8,10H2,1H3. The van der Waals surface area contributed by atoms with E-state index in [2.05, 4.69) is 9.55 Å². The molecule has 2 heterocycles. The number of aromatic nitrogens is 2. The number of halogens is 2. The first kappa shape index (κ1) is 16.0. The van der Waals surface area contributed by atoms with Gasteiger partial charge in [0.25, 0.3) is 0 Å². The van der Waals surface area contributed by atoms with Crippen LogP contribution in [-0.4, -0.2) is 32.3 Å². The van der Waals surface area contributed by atoms with Gasteiger partial charge in [-0.15, -0.1) is 11.6 Å². The summed E-state index contributed by atoms with van der Waals surface area (Å²) in [6.45, 7) is 2.92. The predicted octanol–water partition coefficient (Wildman–Crippen LogP) is 2.91. The van der Waals surface area contributed by atoms with Gasteiger partial charge >= 0.3 is 0 Å². The molecular formula is C17H19ClFN3O. The number of hydrogen-bond acceptors (Lipinski definition) is 2. The number of nitrogens with zero attached hydrogens (tertiary/aromatic N) is 3. The van der Waals surface area contributed by atoms with E-state index in [0.717, 1.165) is 30.6 Å². The molecule has 1 aromatic heterocycles. The number of carbonyl (C=O) groups excluding carboxylic acids is 1. The van der Waals surface area contributed by atoms with Crippen LogP contribution in [0.3, 0.4) is 0 Å². The van der Waals surface area contributed by atoms with Crippen LogP contribution in [0.25, 0.3) is 0 Å². The first-order chi connectivity index (χ1) is 11.1. The van der Waals surface area contributed by atoms with Crippen molar-refractivity contribution in [2.75, 3.05) is 5.88 Å². The molecule has 0 radical (unpaired) electrons. The fourth-order valence-corrected chi connectivity index (χ4v) is 3.31. The summed E-state index contributed by atoms with van der Waals surface area (Å²) in [5, 5.41) is 0. The first-order valence-corrected chi connectivity index (χ1v) is 8.22. The maximum atomic E-state index is 14.1. The highest BCUT2D eigenvalue weighted by Crippen LogP contribution is 2.23. The second-order valence-electron chi connectivity index (χ2n) is 5.92. The number of alkyl halides is 1. The molecule has 1 amide bonds. The largest absolute Gasteiger partial charge is 0.334 e. The number of aryl methyl sites for hydroxylation is 2. The molecule has 1 atom stereocenters. The molecule has 4 nitrogen and oxygen atoms in total. The Bertz CT molecular complexity index is 695. The fourth-order valence-electron chi connectivity index (χ4n) is 3.15. The van der Waals surface area contributed by atoms with Crippen LogP contribution in [0.4, 0.5) is 4.39 Å². The van der Waals surface area contributed by atoms with E-state index in [-0.39, 0.29) is 30.2 Å². The zero-order valence-corrected chi connectivity index (χ0v) is 13.8. The summed E-state index contributed by atoms with van der Waals surface area (Å²) in [5.41, 5.74) is 2.50. The molecule has 1 aliphatic rings. The van der Waals surface area contributed by atoms with Gasteiger partial charge in [0.15, 0.2) is 0 Å². The van der Waals surface area contributed by atoms with Crippen molar-refractivity contribution in [3.8, 4) is 0 Å². The lowest BCUT2D eigenvalue weighted by Gasteiger charge is -2.35. The Kier molecular flexibility index (Phi) is 4.66. The molecule has 122 valence electrons. The van der Waals surface area contributed by atoms with Crippen molar-refractivity contribution in [1.82, 2.24) is 14.5 Å². The first-order valence-electron chi connectivity index (χ1n) is 7.68. The number of hydrogen-bond donors (Lipinski definition) is 0. The number of fused-ring (bicyclic) bond motifs is 1. The summed E-state index contributed by atoms with van der Waals surface area (Å²) in [4.78, 5) is 18.2. The van der Waals surface area contributed by atoms with E-state index >= 15 is 0 Å². The van der Waals surface area contributed by atoms with Crippen molar-refractivity contribution in [2.45, 2.75) is 38.9 Å². The van der Waals surface area contributed by atoms with Gasteiger partial charge in [-0.25, -0.2) is 9.37 Å². The third-order valence-electron chi connectivity index (χ3n) is 4.50. The fraction of sp³-hybridized carbons (Fsp3) is 0.412. The topological polar surface area (TPSA) is 38.1 Å². The van der Waals surface area contributed by atoms with Gasteiger partial charge in [-0.1, -0.05) is 12.1 Å². The number of rotatable bonds is 4. The minimum atomic E-state index is -0.279. The Morgan fingerprint density at radius 2 is 2.35 bits per heavy atom. The van der Waals surface area contributed by atoms with Gasteiger partial charge in [-0.05, 0) is 25.0 Å². The normalized spacial score (nSPS) is 16.9. The Morgan fingerprint density at radius 1 is 1.52 bits per heavy atom. The summed E-state index contributed by atoms with van der Waals surface area (Å²) >= 11 is 5.79. The third-order valence-corrected chi connectivity index (χ3v) is 4.73. The van der Waals surface area contributed by atoms with Crippen LogP contribution in [-0.2, 0) is 24.3 Å². The van der Waals surface area contributed by atoms with E-state index < -0.39 is 0 Å².